The van der Waals surface area contributed by atoms with Crippen molar-refractivity contribution in [3.05, 3.63) is 480 Å². The predicted molar refractivity (Wildman–Crippen MR) is 595 cm³/mol. The molecule has 676 valence electrons. The van der Waals surface area contributed by atoms with E-state index in [1.165, 1.54) is 53.9 Å². The molecule has 12 aromatic heterocycles. The van der Waals surface area contributed by atoms with Gasteiger partial charge in [0, 0.05) is 143 Å². The highest BCUT2D eigenvalue weighted by Gasteiger charge is 2.34. The van der Waals surface area contributed by atoms with Crippen LogP contribution in [0.3, 0.4) is 0 Å². The Bertz CT molecular complexity index is 10900. The van der Waals surface area contributed by atoms with E-state index in [2.05, 4.69) is 433 Å². The summed E-state index contributed by atoms with van der Waals surface area (Å²) in [5.41, 5.74) is 30.6. The molecule has 0 amide bonds. The smallest absolute Gasteiger partial charge is 0.162 e. The van der Waals surface area contributed by atoms with Gasteiger partial charge in [0.1, 0.15) is 22.6 Å². The van der Waals surface area contributed by atoms with Crippen LogP contribution in [0.5, 0.6) is 0 Å². The molecule has 12 heterocycles. The number of para-hydroxylation sites is 12. The Balaban J connectivity index is 0.000000102. The van der Waals surface area contributed by atoms with E-state index in [-0.39, 0.29) is 0 Å². The molecule has 14 heteroatoms. The molecule has 0 saturated heterocycles. The molecule has 0 bridgehead atoms. The highest BCUT2D eigenvalue weighted by molar-refractivity contribution is 6.43. The Hall–Kier alpha value is -19.8. The number of benzene rings is 20. The number of furan rings is 3. The van der Waals surface area contributed by atoms with Crippen LogP contribution in [-0.2, 0) is 0 Å². The molecule has 14 nitrogen and oxygen atoms in total. The van der Waals surface area contributed by atoms with E-state index in [4.69, 9.17) is 33.2 Å². The van der Waals surface area contributed by atoms with Crippen molar-refractivity contribution < 1.29 is 13.3 Å². The minimum atomic E-state index is 0.674. The average molecular weight is 1860 g/mol. The zero-order valence-electron chi connectivity index (χ0n) is 77.8. The summed E-state index contributed by atoms with van der Waals surface area (Å²) < 4.78 is 35.0. The number of aromatic nitrogens is 11. The molecule has 0 aliphatic carbocycles. The van der Waals surface area contributed by atoms with Crippen molar-refractivity contribution >= 4 is 208 Å². The summed E-state index contributed by atoms with van der Waals surface area (Å²) in [6, 6.07) is 164. The minimum absolute atomic E-state index is 0.674. The van der Waals surface area contributed by atoms with Gasteiger partial charge in [-0.2, -0.15) is 0 Å². The lowest BCUT2D eigenvalue weighted by Gasteiger charge is -2.14. The van der Waals surface area contributed by atoms with Crippen LogP contribution in [0.4, 0.5) is 0 Å². The fourth-order valence-corrected chi connectivity index (χ4v) is 23.3. The van der Waals surface area contributed by atoms with E-state index in [0.717, 1.165) is 222 Å². The third-order valence-electron chi connectivity index (χ3n) is 29.1. The molecule has 0 saturated carbocycles. The molecule has 32 rings (SSSR count). The van der Waals surface area contributed by atoms with Gasteiger partial charge in [0.25, 0.3) is 0 Å². The molecule has 0 fully saturated rings. The lowest BCUT2D eigenvalue weighted by Crippen LogP contribution is -2.03. The number of nitrogens with zero attached hydrogens (tertiary/aromatic N) is 11. The predicted octanol–water partition coefficient (Wildman–Crippen LogP) is 34.1. The first-order chi connectivity index (χ1) is 72.0. The summed E-state index contributed by atoms with van der Waals surface area (Å²) in [4.78, 5) is 25.3. The van der Waals surface area contributed by atoms with E-state index in [1.807, 2.05) is 79.1 Å². The number of fused-ring (bicyclic) bond motifs is 37. The third-order valence-corrected chi connectivity index (χ3v) is 29.1. The minimum Gasteiger partial charge on any atom is -0.454 e. The maximum absolute atomic E-state index is 7.00. The Morgan fingerprint density at radius 2 is 0.483 bits per heavy atom. The van der Waals surface area contributed by atoms with Crippen molar-refractivity contribution in [3.63, 3.8) is 0 Å². The summed E-state index contributed by atoms with van der Waals surface area (Å²) in [6.07, 6.45) is 3.77. The summed E-state index contributed by atoms with van der Waals surface area (Å²) in [6.45, 7) is 0. The van der Waals surface area contributed by atoms with E-state index >= 15 is 0 Å². The van der Waals surface area contributed by atoms with Gasteiger partial charge in [0.2, 0.25) is 0 Å². The summed E-state index contributed by atoms with van der Waals surface area (Å²) in [5.74, 6) is 2.18. The summed E-state index contributed by atoms with van der Waals surface area (Å²) >= 11 is 0. The molecular weight excluding hydrogens is 1780 g/mol. The Labute approximate surface area is 826 Å². The maximum Gasteiger partial charge on any atom is 0.162 e. The van der Waals surface area contributed by atoms with Crippen LogP contribution in [0.2, 0.25) is 0 Å². The molecule has 20 aromatic carbocycles. The molecule has 0 aliphatic rings. The second-order valence-corrected chi connectivity index (χ2v) is 37.1. The second-order valence-electron chi connectivity index (χ2n) is 37.1. The molecule has 0 atom stereocenters. The number of rotatable bonds is 10. The third kappa shape index (κ3) is 12.3. The van der Waals surface area contributed by atoms with Crippen LogP contribution in [0.1, 0.15) is 0 Å². The van der Waals surface area contributed by atoms with Crippen molar-refractivity contribution in [3.8, 4) is 79.5 Å². The molecule has 0 N–H and O–H groups in total. The second kappa shape index (κ2) is 32.4. The van der Waals surface area contributed by atoms with Gasteiger partial charge in [-0.1, -0.05) is 340 Å². The van der Waals surface area contributed by atoms with Gasteiger partial charge in [-0.25, -0.2) is 19.9 Å². The summed E-state index contributed by atoms with van der Waals surface area (Å²) in [5, 5.41) is 21.8. The van der Waals surface area contributed by atoms with Gasteiger partial charge in [-0.15, -0.1) is 0 Å². The average Bonchev–Trinajstić information content (AvgIpc) is 1.52. The van der Waals surface area contributed by atoms with Gasteiger partial charge in [0.15, 0.2) is 28.4 Å². The number of hydrogen-bond acceptors (Lipinski definition) is 8. The zero-order chi connectivity index (χ0) is 95.0. The Morgan fingerprint density at radius 3 is 0.862 bits per heavy atom. The molecule has 0 radical (unpaired) electrons. The molecule has 0 aliphatic heterocycles. The fourth-order valence-electron chi connectivity index (χ4n) is 23.3. The largest absolute Gasteiger partial charge is 0.454 e. The van der Waals surface area contributed by atoms with Crippen LogP contribution in [0.15, 0.2) is 493 Å². The first-order valence-electron chi connectivity index (χ1n) is 48.9. The highest BCUT2D eigenvalue weighted by Crippen LogP contribution is 2.55. The molecule has 145 heavy (non-hydrogen) atoms. The summed E-state index contributed by atoms with van der Waals surface area (Å²) in [7, 11) is 0. The monoisotopic (exact) mass is 1850 g/mol. The van der Waals surface area contributed by atoms with Crippen molar-refractivity contribution in [2.75, 3.05) is 0 Å². The fraction of sp³-hybridized carbons (Fsp3) is 0. The lowest BCUT2D eigenvalue weighted by molar-refractivity contribution is 0.671. The van der Waals surface area contributed by atoms with E-state index < -0.39 is 0 Å². The van der Waals surface area contributed by atoms with Crippen LogP contribution in [0, 0.1) is 0 Å². The van der Waals surface area contributed by atoms with Crippen LogP contribution >= 0.6 is 0 Å². The zero-order valence-corrected chi connectivity index (χ0v) is 77.8. The van der Waals surface area contributed by atoms with Gasteiger partial charge >= 0.3 is 0 Å². The number of pyridine rings is 1. The Morgan fingerprint density at radius 1 is 0.186 bits per heavy atom. The van der Waals surface area contributed by atoms with Gasteiger partial charge in [-0.05, 0) is 121 Å². The normalized spacial score (nSPS) is 12.0. The molecule has 0 spiro atoms. The number of hydrogen-bond donors (Lipinski definition) is 0. The topological polar surface area (TPSA) is 133 Å². The SMILES string of the molecule is c1ccc(-c2cc(-n3c4ccccc4c4c5c6ccccc6n(-c6ccccc6)c5c5oc6ccccc6c5c43)nc(-c3ccccc3)n2)cc1.c1ccc(-c2nc(-c3ccccc3)c3cc(-n4c5ccccc5c5c6c7ccccc7n(-c7ccccc7)c6c6oc7ccccc7c6c54)ccc3n2)cc1.c1ccc(-n2c3ccccc3c3c4c5ccccc5n(-c5cccnc5)c4c4c5ccccc5oc4c32)cc1. The van der Waals surface area contributed by atoms with Gasteiger partial charge < -0.3 is 36.1 Å². The molecular formula is C131H79N11O3. The lowest BCUT2D eigenvalue weighted by atomic mass is 10.0. The van der Waals surface area contributed by atoms with Crippen molar-refractivity contribution in [1.82, 2.24) is 52.3 Å². The molecule has 32 aromatic rings. The van der Waals surface area contributed by atoms with E-state index in [0.29, 0.717) is 11.6 Å². The Kier molecular flexibility index (Phi) is 18.1. The van der Waals surface area contributed by atoms with Crippen molar-refractivity contribution in [1.29, 1.82) is 0 Å². The van der Waals surface area contributed by atoms with Crippen LogP contribution in [-0.4, -0.2) is 52.3 Å². The first kappa shape index (κ1) is 81.2. The van der Waals surface area contributed by atoms with E-state index in [9.17, 15) is 0 Å². The van der Waals surface area contributed by atoms with Gasteiger partial charge in [0.05, 0.1) is 111 Å². The molecule has 0 unspecified atom stereocenters. The van der Waals surface area contributed by atoms with E-state index in [1.54, 1.807) is 0 Å². The maximum atomic E-state index is 7.00. The highest BCUT2D eigenvalue weighted by atomic mass is 16.3. The van der Waals surface area contributed by atoms with Crippen LogP contribution in [0.25, 0.3) is 287 Å². The standard InChI is InChI=1S/C50H30N4O.C46H28N4O.C35H21N3O/c1-4-16-31(17-5-1)46-38-30-34(28-29-39(38)51-50(52-46)32-18-6-2-7-19-32)54-41-26-14-10-22-35(41)43-44-36-23-11-13-25-40(36)53(33-20-8-3-9-21-33)48(44)49-45(47(43)54)37-24-12-15-27-42(37)55-49;1-4-16-29(17-5-1)35-28-39(48-46(47-35)30-18-6-2-7-19-30)50-37-26-14-11-23-33(37)40-41-32-22-10-13-25-36(32)49(31-20-8-3-9-21-31)44(41)45-42(43(40)50)34-24-12-15-27-38(34)51-45;1-2-11-22(12-3-1)37-27-17-7-5-15-25(27)31-30-24-14-4-8-18-28(24)38(23-13-10-20-36-21-23)33(30)32-26-16-6-9-19-29(26)39-35(32)34(31)37/h1-30H;1-28H;1-21H. The van der Waals surface area contributed by atoms with Gasteiger partial charge in [-0.3, -0.25) is 9.55 Å². The van der Waals surface area contributed by atoms with Crippen LogP contribution < -0.4 is 0 Å². The van der Waals surface area contributed by atoms with Crippen molar-refractivity contribution in [2.24, 2.45) is 0 Å². The quantitative estimate of drug-likeness (QED) is 0.132. The van der Waals surface area contributed by atoms with Crippen molar-refractivity contribution in [2.45, 2.75) is 0 Å². The first-order valence-corrected chi connectivity index (χ1v) is 48.9.